The molecule has 10 atom stereocenters. The lowest BCUT2D eigenvalue weighted by molar-refractivity contribution is -0.203. The van der Waals surface area contributed by atoms with Crippen molar-refractivity contribution in [3.63, 3.8) is 0 Å². The van der Waals surface area contributed by atoms with E-state index in [1.807, 2.05) is 20.8 Å². The van der Waals surface area contributed by atoms with Gasteiger partial charge in [0, 0.05) is 48.3 Å². The maximum Gasteiger partial charge on any atom is 0.306 e. The van der Waals surface area contributed by atoms with E-state index in [0.717, 1.165) is 22.6 Å². The van der Waals surface area contributed by atoms with E-state index in [-0.39, 0.29) is 43.4 Å². The summed E-state index contributed by atoms with van der Waals surface area (Å²) < 4.78 is 11.8. The van der Waals surface area contributed by atoms with Crippen molar-refractivity contribution in [1.29, 1.82) is 0 Å². The second-order valence-electron chi connectivity index (χ2n) is 15.9. The first kappa shape index (κ1) is 41.9. The fourth-order valence-electron chi connectivity index (χ4n) is 9.82. The number of ether oxygens (including phenoxy) is 2. The van der Waals surface area contributed by atoms with E-state index in [1.165, 1.54) is 19.9 Å². The first-order valence-electron chi connectivity index (χ1n) is 18.8. The highest BCUT2D eigenvalue weighted by Crippen LogP contribution is 2.72. The molecule has 0 spiro atoms. The number of Topliss-reactive ketones (excluding diaryl/α,β-unsaturated/α-hetero) is 1. The van der Waals surface area contributed by atoms with Crippen LogP contribution in [0.2, 0.25) is 0 Å². The topological polar surface area (TPSA) is 215 Å². The van der Waals surface area contributed by atoms with Crippen LogP contribution in [-0.2, 0) is 47.8 Å². The predicted molar refractivity (Wildman–Crippen MR) is 196 cm³/mol. The van der Waals surface area contributed by atoms with Gasteiger partial charge in [-0.2, -0.15) is 0 Å². The lowest BCUT2D eigenvalue weighted by atomic mass is 9.45. The van der Waals surface area contributed by atoms with Crippen molar-refractivity contribution >= 4 is 58.7 Å². The summed E-state index contributed by atoms with van der Waals surface area (Å²) in [6, 6.07) is -2.10. The number of rotatable bonds is 14. The Labute approximate surface area is 325 Å². The van der Waals surface area contributed by atoms with Crippen molar-refractivity contribution in [3.05, 3.63) is 36.0 Å². The lowest BCUT2D eigenvalue weighted by Gasteiger charge is -2.64. The third-order valence-electron chi connectivity index (χ3n) is 12.7. The number of halogens is 1. The smallest absolute Gasteiger partial charge is 0.306 e. The van der Waals surface area contributed by atoms with Gasteiger partial charge in [0.1, 0.15) is 25.4 Å². The van der Waals surface area contributed by atoms with Gasteiger partial charge < -0.3 is 30.5 Å². The molecule has 0 aromatic heterocycles. The number of carbonyl (C=O) groups is 8. The third-order valence-corrected chi connectivity index (χ3v) is 13.7. The van der Waals surface area contributed by atoms with Crippen LogP contribution in [0.1, 0.15) is 80.1 Å². The van der Waals surface area contributed by atoms with Crippen molar-refractivity contribution in [3.8, 4) is 0 Å². The number of imide groups is 1. The van der Waals surface area contributed by atoms with Gasteiger partial charge in [0.25, 0.3) is 11.8 Å². The molecule has 0 aromatic carbocycles. The molecule has 16 heteroatoms. The monoisotopic (exact) mass is 786 g/mol. The number of hydrogen-bond donors (Lipinski definition) is 4. The number of carbonyl (C=O) groups excluding carboxylic acids is 8. The number of fused-ring (bicyclic) bond motifs is 5. The number of aliphatic hydroxyl groups is 1. The Balaban J connectivity index is 1.19. The molecule has 15 nitrogen and oxygen atoms in total. The predicted octanol–water partition coefficient (Wildman–Crippen LogP) is 1.55. The van der Waals surface area contributed by atoms with Gasteiger partial charge >= 0.3 is 5.97 Å². The normalized spacial score (nSPS) is 34.5. The van der Waals surface area contributed by atoms with Crippen molar-refractivity contribution in [2.45, 2.75) is 109 Å². The second kappa shape index (κ2) is 15.7. The molecule has 5 aliphatic rings. The summed E-state index contributed by atoms with van der Waals surface area (Å²) in [6.07, 6.45) is 7.48. The fraction of sp³-hybridized carbons (Fsp3) is 0.641. The molecular formula is C39H51ClN4O11. The molecule has 0 bridgehead atoms. The van der Waals surface area contributed by atoms with Gasteiger partial charge in [0.2, 0.25) is 23.5 Å². The zero-order valence-electron chi connectivity index (χ0n) is 32.1. The minimum Gasteiger partial charge on any atom is -0.450 e. The van der Waals surface area contributed by atoms with Crippen molar-refractivity contribution < 1.29 is 52.9 Å². The van der Waals surface area contributed by atoms with E-state index in [9.17, 15) is 43.5 Å². The van der Waals surface area contributed by atoms with E-state index < -0.39 is 100 Å². The summed E-state index contributed by atoms with van der Waals surface area (Å²) in [5.74, 6) is -5.12. The van der Waals surface area contributed by atoms with Gasteiger partial charge in [-0.05, 0) is 63.5 Å². The largest absolute Gasteiger partial charge is 0.450 e. The Morgan fingerprint density at radius 1 is 1.00 bits per heavy atom. The Morgan fingerprint density at radius 2 is 1.65 bits per heavy atom. The molecule has 3 saturated carbocycles. The maximum atomic E-state index is 14.4. The van der Waals surface area contributed by atoms with E-state index in [2.05, 4.69) is 16.0 Å². The number of nitrogens with one attached hydrogen (secondary N) is 3. The first-order valence-corrected chi connectivity index (χ1v) is 19.2. The molecule has 3 fully saturated rings. The Morgan fingerprint density at radius 3 is 2.31 bits per heavy atom. The van der Waals surface area contributed by atoms with Crippen LogP contribution in [-0.4, -0.2) is 106 Å². The molecule has 0 radical (unpaired) electrons. The van der Waals surface area contributed by atoms with Crippen LogP contribution in [0.25, 0.3) is 0 Å². The van der Waals surface area contributed by atoms with Gasteiger partial charge in [-0.25, -0.2) is 0 Å². The summed E-state index contributed by atoms with van der Waals surface area (Å²) in [5.41, 5.74) is -2.63. The number of nitrogens with zero attached hydrogens (tertiary/aromatic N) is 1. The highest BCUT2D eigenvalue weighted by molar-refractivity contribution is 6.26. The van der Waals surface area contributed by atoms with Crippen LogP contribution in [0.3, 0.4) is 0 Å². The molecule has 5 amide bonds. The van der Waals surface area contributed by atoms with E-state index in [0.29, 0.717) is 19.3 Å². The molecule has 300 valence electrons. The molecule has 0 aromatic rings. The minimum atomic E-state index is -1.67. The number of ketones is 2. The molecule has 5 rings (SSSR count). The van der Waals surface area contributed by atoms with Gasteiger partial charge in [0.05, 0.1) is 11.0 Å². The van der Waals surface area contributed by atoms with Crippen LogP contribution >= 0.6 is 11.6 Å². The molecule has 4 N–H and O–H groups in total. The van der Waals surface area contributed by atoms with Gasteiger partial charge in [0.15, 0.2) is 11.4 Å². The molecule has 4 aliphatic carbocycles. The zero-order chi connectivity index (χ0) is 40.7. The SMILES string of the molecule is CCC(=O)O[C@]1(C(=O)COCNC(=O)[C@H](C)NC(=O)[C@H](C)NC(=O)CCN2C(=O)C=CC2=O)[C@@H](C)CC2[C@@H]3CCC4=CC(=O)C=C[C@]4(C)[C@@]3(Cl)[C@@H](O)C[C@@]21C. The quantitative estimate of drug-likeness (QED) is 0.0652. The summed E-state index contributed by atoms with van der Waals surface area (Å²) in [7, 11) is 0. The number of alkyl halides is 1. The Bertz CT molecular complexity index is 1740. The van der Waals surface area contributed by atoms with Crippen LogP contribution in [0.5, 0.6) is 0 Å². The zero-order valence-corrected chi connectivity index (χ0v) is 32.8. The van der Waals surface area contributed by atoms with Crippen LogP contribution in [0, 0.1) is 28.6 Å². The molecule has 1 heterocycles. The van der Waals surface area contributed by atoms with Gasteiger partial charge in [-0.1, -0.05) is 39.3 Å². The fourth-order valence-corrected chi connectivity index (χ4v) is 10.3. The summed E-state index contributed by atoms with van der Waals surface area (Å²) in [5, 5.41) is 19.5. The second-order valence-corrected chi connectivity index (χ2v) is 16.5. The van der Waals surface area contributed by atoms with Crippen LogP contribution in [0.15, 0.2) is 36.0 Å². The van der Waals surface area contributed by atoms with Gasteiger partial charge in [-0.15, -0.1) is 11.6 Å². The van der Waals surface area contributed by atoms with E-state index >= 15 is 0 Å². The number of esters is 1. The Hall–Kier alpha value is -4.21. The highest BCUT2D eigenvalue weighted by atomic mass is 35.5. The number of hydrogen-bond acceptors (Lipinski definition) is 11. The maximum absolute atomic E-state index is 14.4. The molecule has 1 unspecified atom stereocenters. The number of allylic oxidation sites excluding steroid dienone is 4. The molecular weight excluding hydrogens is 736 g/mol. The molecule has 0 saturated heterocycles. The van der Waals surface area contributed by atoms with Crippen molar-refractivity contribution in [2.24, 2.45) is 28.6 Å². The average Bonchev–Trinajstić information content (AvgIpc) is 3.56. The van der Waals surface area contributed by atoms with Crippen molar-refractivity contribution in [1.82, 2.24) is 20.9 Å². The van der Waals surface area contributed by atoms with Crippen LogP contribution < -0.4 is 16.0 Å². The molecule has 1 aliphatic heterocycles. The Kier molecular flexibility index (Phi) is 12.0. The van der Waals surface area contributed by atoms with E-state index in [4.69, 9.17) is 21.1 Å². The molecule has 55 heavy (non-hydrogen) atoms. The number of amides is 5. The van der Waals surface area contributed by atoms with Crippen LogP contribution in [0.4, 0.5) is 0 Å². The number of aliphatic hydroxyl groups excluding tert-OH is 1. The minimum absolute atomic E-state index is 0.0140. The third kappa shape index (κ3) is 7.19. The highest BCUT2D eigenvalue weighted by Gasteiger charge is 2.76. The van der Waals surface area contributed by atoms with E-state index in [1.54, 1.807) is 19.1 Å². The summed E-state index contributed by atoms with van der Waals surface area (Å²) in [6.45, 7) is 9.04. The first-order chi connectivity index (χ1) is 25.8. The standard InChI is InChI=1S/C39H51ClN4O11/c1-7-33(51)55-39(21(2)16-27-26-9-8-24-17-25(45)12-14-36(24,5)38(26,40)28(46)18-37(27,39)6)29(47)19-54-20-41-34(52)22(3)43-35(53)23(4)42-30(48)13-15-44-31(49)10-11-32(44)50/h10-12,14,17,21-23,26-28,46H,7-9,13,15-16,18-20H2,1-6H3,(H,41,52)(H,42,48)(H,43,53)/t21-,22-,23-,26-,27?,28-,36-,37-,38-,39-/m0/s1. The summed E-state index contributed by atoms with van der Waals surface area (Å²) in [4.78, 5) is 101. The summed E-state index contributed by atoms with van der Waals surface area (Å²) >= 11 is 7.56. The lowest BCUT2D eigenvalue weighted by Crippen LogP contribution is -2.69. The van der Waals surface area contributed by atoms with Crippen molar-refractivity contribution in [2.75, 3.05) is 19.9 Å². The van der Waals surface area contributed by atoms with Gasteiger partial charge in [-0.3, -0.25) is 43.3 Å². The average molecular weight is 787 g/mol.